The Bertz CT molecular complexity index is 646. The average Bonchev–Trinajstić information content (AvgIpc) is 3.00. The van der Waals surface area contributed by atoms with Crippen LogP contribution in [0.25, 0.3) is 0 Å². The van der Waals surface area contributed by atoms with Crippen molar-refractivity contribution in [2.24, 2.45) is 11.8 Å². The number of alkyl halides is 3. The van der Waals surface area contributed by atoms with Crippen LogP contribution in [0.15, 0.2) is 24.3 Å². The van der Waals surface area contributed by atoms with E-state index in [4.69, 9.17) is 5.11 Å². The summed E-state index contributed by atoms with van der Waals surface area (Å²) in [5.74, 6) is -5.29. The molecule has 1 aliphatic heterocycles. The highest BCUT2D eigenvalue weighted by atomic mass is 19.4. The number of halogens is 3. The van der Waals surface area contributed by atoms with Gasteiger partial charge in [0.05, 0.1) is 18.4 Å². The van der Waals surface area contributed by atoms with E-state index in [9.17, 15) is 22.8 Å². The van der Waals surface area contributed by atoms with Crippen LogP contribution in [0, 0.1) is 11.8 Å². The third kappa shape index (κ3) is 4.97. The van der Waals surface area contributed by atoms with Crippen LogP contribution in [0.2, 0.25) is 0 Å². The number of hydrogen-bond donors (Lipinski definition) is 1. The van der Waals surface area contributed by atoms with E-state index in [1.165, 1.54) is 15.4 Å². The minimum atomic E-state index is -4.59. The van der Waals surface area contributed by atoms with Crippen molar-refractivity contribution in [1.29, 1.82) is 0 Å². The second-order valence-electron chi connectivity index (χ2n) is 6.71. The number of benzene rings is 1. The Morgan fingerprint density at radius 1 is 1.19 bits per heavy atom. The molecule has 0 aromatic heterocycles. The summed E-state index contributed by atoms with van der Waals surface area (Å²) in [4.78, 5) is 26.1. The minimum Gasteiger partial charge on any atom is -0.481 e. The number of carbonyl (C=O) groups is 2. The Hall–Kier alpha value is -2.09. The molecule has 1 aromatic rings. The molecule has 144 valence electrons. The topological polar surface area (TPSA) is 60.9 Å². The van der Waals surface area contributed by atoms with Crippen molar-refractivity contribution in [2.45, 2.75) is 26.1 Å². The number of aliphatic carboxylic acids is 1. The predicted molar refractivity (Wildman–Crippen MR) is 89.4 cm³/mol. The molecule has 0 bridgehead atoms. The number of hydrogen-bond acceptors (Lipinski definition) is 3. The number of likely N-dealkylation sites (tertiary alicyclic amines) is 1. The average molecular weight is 372 g/mol. The van der Waals surface area contributed by atoms with Crippen molar-refractivity contribution >= 4 is 11.9 Å². The van der Waals surface area contributed by atoms with E-state index < -0.39 is 30.5 Å². The van der Waals surface area contributed by atoms with Gasteiger partial charge in [-0.2, -0.15) is 13.2 Å². The van der Waals surface area contributed by atoms with Gasteiger partial charge in [-0.15, -0.1) is 0 Å². The molecule has 1 fully saturated rings. The van der Waals surface area contributed by atoms with Crippen LogP contribution < -0.4 is 0 Å². The number of rotatable bonds is 6. The number of carboxylic acids is 1. The van der Waals surface area contributed by atoms with Crippen LogP contribution in [0.5, 0.6) is 0 Å². The molecule has 26 heavy (non-hydrogen) atoms. The fourth-order valence-electron chi connectivity index (χ4n) is 3.15. The molecule has 1 heterocycles. The molecule has 5 nitrogen and oxygen atoms in total. The summed E-state index contributed by atoms with van der Waals surface area (Å²) in [5, 5.41) is 9.02. The van der Waals surface area contributed by atoms with Crippen molar-refractivity contribution < 1.29 is 27.9 Å². The third-order valence-electron chi connectivity index (χ3n) is 4.77. The van der Waals surface area contributed by atoms with Gasteiger partial charge in [-0.1, -0.05) is 31.2 Å². The van der Waals surface area contributed by atoms with Crippen molar-refractivity contribution in [3.05, 3.63) is 35.4 Å². The lowest BCUT2D eigenvalue weighted by Gasteiger charge is -2.22. The van der Waals surface area contributed by atoms with Crippen molar-refractivity contribution in [1.82, 2.24) is 9.80 Å². The van der Waals surface area contributed by atoms with Gasteiger partial charge in [-0.25, -0.2) is 0 Å². The molecular weight excluding hydrogens is 349 g/mol. The van der Waals surface area contributed by atoms with Crippen LogP contribution in [-0.2, 0) is 22.6 Å². The summed E-state index contributed by atoms with van der Waals surface area (Å²) in [6.45, 7) is 1.43. The molecular formula is C18H23F3N2O3. The van der Waals surface area contributed by atoms with Crippen molar-refractivity contribution in [3.63, 3.8) is 0 Å². The van der Waals surface area contributed by atoms with E-state index in [-0.39, 0.29) is 19.0 Å². The SMILES string of the molecule is CCc1ccc(CN(C)C(=O)CN2C[C@@H](C(F)(F)F)[C@H](C(=O)O)C2)cc1. The number of aryl methyl sites for hydroxylation is 1. The summed E-state index contributed by atoms with van der Waals surface area (Å²) in [6.07, 6.45) is -3.68. The molecule has 1 aliphatic rings. The fraction of sp³-hybridized carbons (Fsp3) is 0.556. The first kappa shape index (κ1) is 20.2. The molecule has 0 spiro atoms. The summed E-state index contributed by atoms with van der Waals surface area (Å²) in [5.41, 5.74) is 2.11. The van der Waals surface area contributed by atoms with E-state index in [0.717, 1.165) is 12.0 Å². The Morgan fingerprint density at radius 3 is 2.23 bits per heavy atom. The van der Waals surface area contributed by atoms with Crippen LogP contribution in [0.1, 0.15) is 18.1 Å². The second kappa shape index (κ2) is 8.07. The summed E-state index contributed by atoms with van der Waals surface area (Å²) in [6, 6.07) is 7.77. The normalized spacial score (nSPS) is 21.0. The van der Waals surface area contributed by atoms with Gasteiger partial charge in [0.1, 0.15) is 0 Å². The largest absolute Gasteiger partial charge is 0.481 e. The van der Waals surface area contributed by atoms with Crippen LogP contribution in [-0.4, -0.2) is 59.6 Å². The minimum absolute atomic E-state index is 0.222. The number of carbonyl (C=O) groups excluding carboxylic acids is 1. The van der Waals surface area contributed by atoms with Gasteiger partial charge in [0.2, 0.25) is 5.91 Å². The van der Waals surface area contributed by atoms with E-state index in [1.54, 1.807) is 7.05 Å². The zero-order valence-electron chi connectivity index (χ0n) is 14.8. The highest BCUT2D eigenvalue weighted by Crippen LogP contribution is 2.37. The molecule has 8 heteroatoms. The monoisotopic (exact) mass is 372 g/mol. The Labute approximate surface area is 150 Å². The van der Waals surface area contributed by atoms with E-state index in [2.05, 4.69) is 0 Å². The smallest absolute Gasteiger partial charge is 0.393 e. The maximum atomic E-state index is 13.0. The standard InChI is InChI=1S/C18H23F3N2O3/c1-3-12-4-6-13(7-5-12)8-22(2)16(24)11-23-9-14(17(25)26)15(10-23)18(19,20)21/h4-7,14-15H,3,8-11H2,1-2H3,(H,25,26)/t14-,15-/m1/s1. The summed E-state index contributed by atoms with van der Waals surface area (Å²) in [7, 11) is 1.59. The highest BCUT2D eigenvalue weighted by Gasteiger charge is 2.52. The van der Waals surface area contributed by atoms with Crippen LogP contribution in [0.3, 0.4) is 0 Å². The first-order valence-electron chi connectivity index (χ1n) is 8.45. The fourth-order valence-corrected chi connectivity index (χ4v) is 3.15. The second-order valence-corrected chi connectivity index (χ2v) is 6.71. The maximum absolute atomic E-state index is 13.0. The van der Waals surface area contributed by atoms with E-state index in [1.807, 2.05) is 31.2 Å². The summed E-state index contributed by atoms with van der Waals surface area (Å²) >= 11 is 0. The van der Waals surface area contributed by atoms with Crippen LogP contribution in [0.4, 0.5) is 13.2 Å². The molecule has 0 unspecified atom stereocenters. The summed E-state index contributed by atoms with van der Waals surface area (Å²) < 4.78 is 39.0. The van der Waals surface area contributed by atoms with Gasteiger partial charge in [0.25, 0.3) is 0 Å². The lowest BCUT2D eigenvalue weighted by molar-refractivity contribution is -0.188. The maximum Gasteiger partial charge on any atom is 0.393 e. The van der Waals surface area contributed by atoms with Crippen molar-refractivity contribution in [3.8, 4) is 0 Å². The third-order valence-corrected chi connectivity index (χ3v) is 4.77. The van der Waals surface area contributed by atoms with Gasteiger partial charge in [0.15, 0.2) is 0 Å². The Morgan fingerprint density at radius 2 is 1.77 bits per heavy atom. The van der Waals surface area contributed by atoms with Crippen LogP contribution >= 0.6 is 0 Å². The predicted octanol–water partition coefficient (Wildman–Crippen LogP) is 2.40. The molecule has 2 atom stereocenters. The lowest BCUT2D eigenvalue weighted by Crippen LogP contribution is -2.38. The van der Waals surface area contributed by atoms with Gasteiger partial charge in [0, 0.05) is 26.7 Å². The lowest BCUT2D eigenvalue weighted by atomic mass is 9.96. The Kier molecular flexibility index (Phi) is 6.28. The number of likely N-dealkylation sites (N-methyl/N-ethyl adjacent to an activating group) is 1. The van der Waals surface area contributed by atoms with E-state index >= 15 is 0 Å². The van der Waals surface area contributed by atoms with Gasteiger partial charge >= 0.3 is 12.1 Å². The van der Waals surface area contributed by atoms with E-state index in [0.29, 0.717) is 6.54 Å². The first-order valence-corrected chi connectivity index (χ1v) is 8.45. The number of nitrogens with zero attached hydrogens (tertiary/aromatic N) is 2. The quantitative estimate of drug-likeness (QED) is 0.833. The highest BCUT2D eigenvalue weighted by molar-refractivity contribution is 5.78. The molecule has 2 rings (SSSR count). The first-order chi connectivity index (χ1) is 12.1. The molecule has 1 N–H and O–H groups in total. The van der Waals surface area contributed by atoms with Gasteiger partial charge < -0.3 is 10.0 Å². The zero-order valence-corrected chi connectivity index (χ0v) is 14.8. The Balaban J connectivity index is 1.94. The number of amides is 1. The molecule has 1 saturated heterocycles. The molecule has 0 radical (unpaired) electrons. The molecule has 1 aromatic carbocycles. The van der Waals surface area contributed by atoms with Gasteiger partial charge in [-0.05, 0) is 17.5 Å². The van der Waals surface area contributed by atoms with Gasteiger partial charge in [-0.3, -0.25) is 14.5 Å². The number of carboxylic acid groups (broad SMARTS) is 1. The van der Waals surface area contributed by atoms with Crippen molar-refractivity contribution in [2.75, 3.05) is 26.7 Å². The molecule has 0 saturated carbocycles. The zero-order chi connectivity index (χ0) is 19.5. The molecule has 0 aliphatic carbocycles. The molecule has 1 amide bonds.